The minimum atomic E-state index is -0.589. The molecule has 2 rings (SSSR count). The van der Waals surface area contributed by atoms with Gasteiger partial charge in [-0.25, -0.2) is 0 Å². The van der Waals surface area contributed by atoms with Gasteiger partial charge >= 0.3 is 0 Å². The van der Waals surface area contributed by atoms with Gasteiger partial charge in [0.1, 0.15) is 0 Å². The van der Waals surface area contributed by atoms with Gasteiger partial charge in [-0.05, 0) is 12.1 Å². The van der Waals surface area contributed by atoms with Crippen molar-refractivity contribution in [3.63, 3.8) is 0 Å². The number of non-ortho nitro benzene ring substituents is 2. The number of carbonyl (C=O) groups excluding carboxylic acids is 2. The van der Waals surface area contributed by atoms with Crippen molar-refractivity contribution in [2.75, 3.05) is 23.7 Å². The van der Waals surface area contributed by atoms with Crippen molar-refractivity contribution in [3.05, 3.63) is 67.8 Å². The Morgan fingerprint density at radius 1 is 0.769 bits per heavy atom. The summed E-state index contributed by atoms with van der Waals surface area (Å²) in [5.74, 6) is 0. The third-order valence-corrected chi connectivity index (χ3v) is 3.50. The van der Waals surface area contributed by atoms with E-state index in [1.165, 1.54) is 36.4 Å². The minimum absolute atomic E-state index is 0.156. The molecule has 0 atom stereocenters. The monoisotopic (exact) mass is 358 g/mol. The first-order chi connectivity index (χ1) is 12.5. The SMILES string of the molecule is O=Cc1cc([N+](=O)[O-])ccc1NCCNc1ccc([N+](=O)[O-])cc1C=O. The average molecular weight is 358 g/mol. The molecule has 0 bridgehead atoms. The number of nitrogens with one attached hydrogen (secondary N) is 2. The van der Waals surface area contributed by atoms with E-state index >= 15 is 0 Å². The highest BCUT2D eigenvalue weighted by Gasteiger charge is 2.11. The third kappa shape index (κ3) is 4.38. The molecule has 0 unspecified atom stereocenters. The van der Waals surface area contributed by atoms with Gasteiger partial charge in [0, 0.05) is 59.9 Å². The Morgan fingerprint density at radius 2 is 1.15 bits per heavy atom. The van der Waals surface area contributed by atoms with Crippen LogP contribution < -0.4 is 10.6 Å². The second-order valence-corrected chi connectivity index (χ2v) is 5.15. The predicted octanol–water partition coefficient (Wildman–Crippen LogP) is 2.65. The van der Waals surface area contributed by atoms with E-state index in [2.05, 4.69) is 10.6 Å². The van der Waals surface area contributed by atoms with E-state index in [1.54, 1.807) is 0 Å². The molecule has 26 heavy (non-hydrogen) atoms. The number of nitrogens with zero attached hydrogens (tertiary/aromatic N) is 2. The number of benzene rings is 2. The number of anilines is 2. The van der Waals surface area contributed by atoms with Crippen LogP contribution in [0.3, 0.4) is 0 Å². The summed E-state index contributed by atoms with van der Waals surface area (Å²) in [6.45, 7) is 0.682. The topological polar surface area (TPSA) is 144 Å². The van der Waals surface area contributed by atoms with Crippen LogP contribution >= 0.6 is 0 Å². The van der Waals surface area contributed by atoms with E-state index in [9.17, 15) is 29.8 Å². The summed E-state index contributed by atoms with van der Waals surface area (Å²) in [5, 5.41) is 27.3. The Morgan fingerprint density at radius 3 is 1.46 bits per heavy atom. The highest BCUT2D eigenvalue weighted by molar-refractivity contribution is 5.86. The van der Waals surface area contributed by atoms with Crippen LogP contribution in [-0.4, -0.2) is 35.5 Å². The first-order valence-electron chi connectivity index (χ1n) is 7.41. The summed E-state index contributed by atoms with van der Waals surface area (Å²) in [7, 11) is 0. The molecule has 0 aromatic heterocycles. The zero-order valence-corrected chi connectivity index (χ0v) is 13.4. The van der Waals surface area contributed by atoms with E-state index < -0.39 is 9.85 Å². The van der Waals surface area contributed by atoms with Crippen molar-refractivity contribution in [1.29, 1.82) is 0 Å². The molecular formula is C16H14N4O6. The molecule has 10 nitrogen and oxygen atoms in total. The average Bonchev–Trinajstić information content (AvgIpc) is 2.64. The Labute approximate surface area is 147 Å². The van der Waals surface area contributed by atoms with Crippen LogP contribution in [0, 0.1) is 20.2 Å². The summed E-state index contributed by atoms with van der Waals surface area (Å²) in [6.07, 6.45) is 1.03. The predicted molar refractivity (Wildman–Crippen MR) is 93.9 cm³/mol. The quantitative estimate of drug-likeness (QED) is 0.301. The van der Waals surface area contributed by atoms with Crippen LogP contribution in [0.4, 0.5) is 22.7 Å². The van der Waals surface area contributed by atoms with E-state index in [0.717, 1.165) is 0 Å². The Bertz CT molecular complexity index is 796. The molecule has 10 heteroatoms. The largest absolute Gasteiger partial charge is 0.383 e. The van der Waals surface area contributed by atoms with Gasteiger partial charge in [0.2, 0.25) is 0 Å². The van der Waals surface area contributed by atoms with Crippen LogP contribution in [0.15, 0.2) is 36.4 Å². The van der Waals surface area contributed by atoms with Crippen LogP contribution in [0.1, 0.15) is 20.7 Å². The molecule has 0 fully saturated rings. The van der Waals surface area contributed by atoms with Crippen molar-refractivity contribution < 1.29 is 19.4 Å². The third-order valence-electron chi connectivity index (χ3n) is 3.50. The lowest BCUT2D eigenvalue weighted by molar-refractivity contribution is -0.385. The molecule has 0 heterocycles. The molecule has 2 aromatic rings. The fourth-order valence-electron chi connectivity index (χ4n) is 2.24. The zero-order chi connectivity index (χ0) is 19.1. The highest BCUT2D eigenvalue weighted by atomic mass is 16.6. The number of carbonyl (C=O) groups is 2. The molecular weight excluding hydrogens is 344 g/mol. The van der Waals surface area contributed by atoms with Crippen molar-refractivity contribution >= 4 is 35.3 Å². The molecule has 2 aromatic carbocycles. The first-order valence-corrected chi connectivity index (χ1v) is 7.41. The summed E-state index contributed by atoms with van der Waals surface area (Å²) >= 11 is 0. The fourth-order valence-corrected chi connectivity index (χ4v) is 2.24. The second kappa shape index (κ2) is 8.33. The lowest BCUT2D eigenvalue weighted by Crippen LogP contribution is -2.15. The van der Waals surface area contributed by atoms with Crippen molar-refractivity contribution in [3.8, 4) is 0 Å². The van der Waals surface area contributed by atoms with E-state index in [-0.39, 0.29) is 22.5 Å². The Hall–Kier alpha value is -3.82. The maximum atomic E-state index is 11.1. The number of rotatable bonds is 9. The van der Waals surface area contributed by atoms with Gasteiger partial charge in [-0.15, -0.1) is 0 Å². The fraction of sp³-hybridized carbons (Fsp3) is 0.125. The molecule has 0 radical (unpaired) electrons. The first kappa shape index (κ1) is 18.5. The van der Waals surface area contributed by atoms with Gasteiger partial charge in [0.25, 0.3) is 11.4 Å². The number of hydrogen-bond donors (Lipinski definition) is 2. The van der Waals surface area contributed by atoms with Crippen molar-refractivity contribution in [1.82, 2.24) is 0 Å². The van der Waals surface area contributed by atoms with E-state index in [1.807, 2.05) is 0 Å². The molecule has 0 aliphatic rings. The number of nitro benzene ring substituents is 2. The smallest absolute Gasteiger partial charge is 0.270 e. The normalized spacial score (nSPS) is 10.0. The van der Waals surface area contributed by atoms with Gasteiger partial charge in [0.05, 0.1) is 9.85 Å². The van der Waals surface area contributed by atoms with E-state index in [4.69, 9.17) is 0 Å². The van der Waals surface area contributed by atoms with Crippen LogP contribution in [0.2, 0.25) is 0 Å². The van der Waals surface area contributed by atoms with Gasteiger partial charge < -0.3 is 10.6 Å². The van der Waals surface area contributed by atoms with Gasteiger partial charge in [-0.2, -0.15) is 0 Å². The number of hydrogen-bond acceptors (Lipinski definition) is 8. The summed E-state index contributed by atoms with van der Waals surface area (Å²) in [6, 6.07) is 7.77. The molecule has 0 aliphatic carbocycles. The lowest BCUT2D eigenvalue weighted by atomic mass is 10.1. The van der Waals surface area contributed by atoms with Crippen molar-refractivity contribution in [2.24, 2.45) is 0 Å². The maximum Gasteiger partial charge on any atom is 0.270 e. The molecule has 0 spiro atoms. The maximum absolute atomic E-state index is 11.1. The minimum Gasteiger partial charge on any atom is -0.383 e. The molecule has 0 aliphatic heterocycles. The number of nitro groups is 2. The molecule has 0 amide bonds. The molecule has 134 valence electrons. The van der Waals surface area contributed by atoms with E-state index in [0.29, 0.717) is 37.0 Å². The number of aldehydes is 2. The summed E-state index contributed by atoms with van der Waals surface area (Å²) in [5.41, 5.74) is 0.819. The summed E-state index contributed by atoms with van der Waals surface area (Å²) in [4.78, 5) is 42.4. The van der Waals surface area contributed by atoms with Crippen LogP contribution in [-0.2, 0) is 0 Å². The van der Waals surface area contributed by atoms with Crippen molar-refractivity contribution in [2.45, 2.75) is 0 Å². The van der Waals surface area contributed by atoms with Gasteiger partial charge in [-0.3, -0.25) is 29.8 Å². The highest BCUT2D eigenvalue weighted by Crippen LogP contribution is 2.22. The van der Waals surface area contributed by atoms with Gasteiger partial charge in [-0.1, -0.05) is 0 Å². The Balaban J connectivity index is 1.99. The molecule has 0 saturated heterocycles. The summed E-state index contributed by atoms with van der Waals surface area (Å²) < 4.78 is 0. The zero-order valence-electron chi connectivity index (χ0n) is 13.4. The second-order valence-electron chi connectivity index (χ2n) is 5.15. The molecule has 0 saturated carbocycles. The lowest BCUT2D eigenvalue weighted by Gasteiger charge is -2.11. The van der Waals surface area contributed by atoms with Crippen LogP contribution in [0.25, 0.3) is 0 Å². The molecule has 2 N–H and O–H groups in total. The van der Waals surface area contributed by atoms with Crippen LogP contribution in [0.5, 0.6) is 0 Å². The van der Waals surface area contributed by atoms with Gasteiger partial charge in [0.15, 0.2) is 12.6 Å². The Kier molecular flexibility index (Phi) is 5.93. The standard InChI is InChI=1S/C16H14N4O6/c21-9-11-7-13(19(23)24)1-3-15(11)17-5-6-18-16-4-2-14(20(25)26)8-12(16)10-22/h1-4,7-10,17-18H,5-6H2.